The summed E-state index contributed by atoms with van der Waals surface area (Å²) in [5.74, 6) is 0.835. The van der Waals surface area contributed by atoms with Gasteiger partial charge >= 0.3 is 6.03 Å². The molecule has 0 aliphatic carbocycles. The Morgan fingerprint density at radius 3 is 2.90 bits per heavy atom. The van der Waals surface area contributed by atoms with Crippen molar-refractivity contribution in [1.29, 1.82) is 0 Å². The molecule has 6 nitrogen and oxygen atoms in total. The third-order valence-corrected chi connectivity index (χ3v) is 6.31. The van der Waals surface area contributed by atoms with Crippen LogP contribution >= 0.6 is 34.7 Å². The van der Waals surface area contributed by atoms with E-state index in [4.69, 9.17) is 27.9 Å². The van der Waals surface area contributed by atoms with Gasteiger partial charge in [-0.05, 0) is 49.4 Å². The summed E-state index contributed by atoms with van der Waals surface area (Å²) in [5.41, 5.74) is 0.780. The molecule has 2 aromatic rings. The van der Waals surface area contributed by atoms with E-state index in [9.17, 15) is 4.79 Å². The highest BCUT2D eigenvalue weighted by Crippen LogP contribution is 2.27. The Bertz CT molecular complexity index is 812. The number of ether oxygens (including phenoxy) is 1. The number of hydrogen-bond donors (Lipinski definition) is 2. The van der Waals surface area contributed by atoms with Gasteiger partial charge in [0, 0.05) is 24.7 Å². The Hall–Kier alpha value is -1.54. The molecule has 0 spiro atoms. The summed E-state index contributed by atoms with van der Waals surface area (Å²) < 4.78 is 9.86. The van der Waals surface area contributed by atoms with Gasteiger partial charge in [-0.15, -0.1) is 0 Å². The predicted molar refractivity (Wildman–Crippen MR) is 119 cm³/mol. The molecule has 9 heteroatoms. The van der Waals surface area contributed by atoms with Gasteiger partial charge in [-0.1, -0.05) is 48.7 Å². The van der Waals surface area contributed by atoms with Crippen molar-refractivity contribution in [3.8, 4) is 5.88 Å². The SMILES string of the molecule is CC(CNC(=O)Nc1cc(OCc2cccc(Cl)c2Cl)ns1)CN1CCCCC1. The van der Waals surface area contributed by atoms with Gasteiger partial charge in [-0.2, -0.15) is 4.37 Å². The molecular weight excluding hydrogens is 431 g/mol. The second kappa shape index (κ2) is 11.0. The van der Waals surface area contributed by atoms with Crippen LogP contribution in [0.1, 0.15) is 31.7 Å². The molecular formula is C20H26Cl2N4O2S. The highest BCUT2D eigenvalue weighted by atomic mass is 35.5. The van der Waals surface area contributed by atoms with Crippen LogP contribution in [0.2, 0.25) is 10.0 Å². The van der Waals surface area contributed by atoms with Crippen LogP contribution in [0.5, 0.6) is 5.88 Å². The molecule has 1 aromatic carbocycles. The first-order valence-corrected chi connectivity index (χ1v) is 11.3. The smallest absolute Gasteiger partial charge is 0.319 e. The number of halogens is 2. The normalized spacial score (nSPS) is 15.7. The van der Waals surface area contributed by atoms with E-state index in [0.29, 0.717) is 33.4 Å². The van der Waals surface area contributed by atoms with Crippen LogP contribution in [0.4, 0.5) is 9.80 Å². The zero-order valence-corrected chi connectivity index (χ0v) is 18.7. The molecule has 1 fully saturated rings. The van der Waals surface area contributed by atoms with E-state index in [1.54, 1.807) is 12.1 Å². The van der Waals surface area contributed by atoms with Crippen LogP contribution in [0.3, 0.4) is 0 Å². The molecule has 1 atom stereocenters. The first kappa shape index (κ1) is 22.2. The molecule has 0 saturated carbocycles. The van der Waals surface area contributed by atoms with E-state index in [-0.39, 0.29) is 12.6 Å². The number of carbonyl (C=O) groups excluding carboxylic acids is 1. The molecule has 1 saturated heterocycles. The van der Waals surface area contributed by atoms with Crippen LogP contribution in [0.15, 0.2) is 24.3 Å². The maximum atomic E-state index is 12.1. The standard InChI is InChI=1S/C20H26Cl2N4O2S/c1-14(12-26-8-3-2-4-9-26)11-23-20(27)24-18-10-17(25-29-18)28-13-15-6-5-7-16(21)19(15)22/h5-7,10,14H,2-4,8-9,11-13H2,1H3,(H2,23,24,27). The number of nitrogens with one attached hydrogen (secondary N) is 2. The van der Waals surface area contributed by atoms with Crippen LogP contribution in [-0.2, 0) is 6.61 Å². The predicted octanol–water partition coefficient (Wildman–Crippen LogP) is 5.27. The van der Waals surface area contributed by atoms with Gasteiger partial charge in [-0.25, -0.2) is 4.79 Å². The molecule has 2 heterocycles. The highest BCUT2D eigenvalue weighted by molar-refractivity contribution is 7.10. The molecule has 29 heavy (non-hydrogen) atoms. The fraction of sp³-hybridized carbons (Fsp3) is 0.500. The Kier molecular flexibility index (Phi) is 8.41. The number of carbonyl (C=O) groups is 1. The van der Waals surface area contributed by atoms with Crippen LogP contribution in [-0.4, -0.2) is 41.5 Å². The lowest BCUT2D eigenvalue weighted by atomic mass is 10.1. The van der Waals surface area contributed by atoms with Crippen LogP contribution in [0.25, 0.3) is 0 Å². The maximum absolute atomic E-state index is 12.1. The average molecular weight is 457 g/mol. The van der Waals surface area contributed by atoms with Crippen molar-refractivity contribution in [2.24, 2.45) is 5.92 Å². The Labute approximate surface area is 185 Å². The lowest BCUT2D eigenvalue weighted by Gasteiger charge is -2.29. The van der Waals surface area contributed by atoms with Gasteiger partial charge in [-0.3, -0.25) is 5.32 Å². The molecule has 3 rings (SSSR count). The van der Waals surface area contributed by atoms with Crippen molar-refractivity contribution in [2.75, 3.05) is 31.5 Å². The monoisotopic (exact) mass is 456 g/mol. The van der Waals surface area contributed by atoms with Gasteiger partial charge < -0.3 is 15.0 Å². The number of nitrogens with zero attached hydrogens (tertiary/aromatic N) is 2. The van der Waals surface area contributed by atoms with Gasteiger partial charge in [0.05, 0.1) is 10.0 Å². The number of urea groups is 1. The third kappa shape index (κ3) is 7.03. The lowest BCUT2D eigenvalue weighted by molar-refractivity contribution is 0.198. The molecule has 1 aromatic heterocycles. The summed E-state index contributed by atoms with van der Waals surface area (Å²) in [4.78, 5) is 14.6. The molecule has 0 bridgehead atoms. The van der Waals surface area contributed by atoms with E-state index >= 15 is 0 Å². The summed E-state index contributed by atoms with van der Waals surface area (Å²) in [6.07, 6.45) is 3.89. The number of likely N-dealkylation sites (tertiary alicyclic amines) is 1. The number of piperidine rings is 1. The van der Waals surface area contributed by atoms with Gasteiger partial charge in [0.25, 0.3) is 0 Å². The summed E-state index contributed by atoms with van der Waals surface area (Å²) >= 11 is 13.3. The zero-order valence-electron chi connectivity index (χ0n) is 16.4. The Morgan fingerprint density at radius 2 is 2.10 bits per heavy atom. The zero-order chi connectivity index (χ0) is 20.6. The van der Waals surface area contributed by atoms with E-state index in [0.717, 1.165) is 12.1 Å². The number of aromatic nitrogens is 1. The summed E-state index contributed by atoms with van der Waals surface area (Å²) in [6, 6.07) is 6.85. The van der Waals surface area contributed by atoms with E-state index < -0.39 is 0 Å². The topological polar surface area (TPSA) is 66.5 Å². The molecule has 158 valence electrons. The average Bonchev–Trinajstić information content (AvgIpc) is 3.15. The van der Waals surface area contributed by atoms with Crippen molar-refractivity contribution >= 4 is 45.8 Å². The van der Waals surface area contributed by atoms with Crippen LogP contribution < -0.4 is 15.4 Å². The van der Waals surface area contributed by atoms with Gasteiger partial charge in [0.2, 0.25) is 5.88 Å². The summed E-state index contributed by atoms with van der Waals surface area (Å²) in [6.45, 7) is 6.40. The largest absolute Gasteiger partial charge is 0.472 e. The van der Waals surface area contributed by atoms with Gasteiger partial charge in [0.15, 0.2) is 0 Å². The van der Waals surface area contributed by atoms with Gasteiger partial charge in [0.1, 0.15) is 11.6 Å². The quantitative estimate of drug-likeness (QED) is 0.567. The number of hydrogen-bond acceptors (Lipinski definition) is 5. The molecule has 2 N–H and O–H groups in total. The van der Waals surface area contributed by atoms with Crippen LogP contribution in [0, 0.1) is 5.92 Å². The molecule has 1 aliphatic rings. The number of anilines is 1. The minimum atomic E-state index is -0.233. The molecule has 1 unspecified atom stereocenters. The Balaban J connectivity index is 1.39. The minimum Gasteiger partial charge on any atom is -0.472 e. The van der Waals surface area contributed by atoms with E-state index in [2.05, 4.69) is 26.8 Å². The minimum absolute atomic E-state index is 0.233. The second-order valence-electron chi connectivity index (χ2n) is 7.33. The second-order valence-corrected chi connectivity index (χ2v) is 8.92. The number of amides is 2. The molecule has 0 radical (unpaired) electrons. The summed E-state index contributed by atoms with van der Waals surface area (Å²) in [7, 11) is 0. The van der Waals surface area contributed by atoms with E-state index in [1.807, 2.05) is 12.1 Å². The van der Waals surface area contributed by atoms with Crippen molar-refractivity contribution in [1.82, 2.24) is 14.6 Å². The molecule has 1 aliphatic heterocycles. The summed E-state index contributed by atoms with van der Waals surface area (Å²) in [5, 5.41) is 7.32. The van der Waals surface area contributed by atoms with E-state index in [1.165, 1.54) is 43.9 Å². The third-order valence-electron chi connectivity index (χ3n) is 4.76. The molecule has 2 amide bonds. The number of benzene rings is 1. The first-order chi connectivity index (χ1) is 14.0. The number of rotatable bonds is 8. The lowest BCUT2D eigenvalue weighted by Crippen LogP contribution is -2.39. The first-order valence-electron chi connectivity index (χ1n) is 9.81. The fourth-order valence-corrected chi connectivity index (χ4v) is 4.23. The van der Waals surface area contributed by atoms with Crippen molar-refractivity contribution in [2.45, 2.75) is 32.8 Å². The van der Waals surface area contributed by atoms with Crippen molar-refractivity contribution in [3.05, 3.63) is 39.9 Å². The van der Waals surface area contributed by atoms with Crippen molar-refractivity contribution < 1.29 is 9.53 Å². The Morgan fingerprint density at radius 1 is 1.31 bits per heavy atom. The maximum Gasteiger partial charge on any atom is 0.319 e. The highest BCUT2D eigenvalue weighted by Gasteiger charge is 2.14. The van der Waals surface area contributed by atoms with Crippen molar-refractivity contribution in [3.63, 3.8) is 0 Å². The fourth-order valence-electron chi connectivity index (χ4n) is 3.27.